The van der Waals surface area contributed by atoms with Crippen molar-refractivity contribution in [1.82, 2.24) is 20.5 Å². The summed E-state index contributed by atoms with van der Waals surface area (Å²) in [4.78, 5) is 9.99. The van der Waals surface area contributed by atoms with Crippen LogP contribution in [0.1, 0.15) is 17.5 Å². The van der Waals surface area contributed by atoms with Crippen molar-refractivity contribution in [2.75, 3.05) is 54.0 Å². The Morgan fingerprint density at radius 3 is 2.74 bits per heavy atom. The summed E-state index contributed by atoms with van der Waals surface area (Å²) < 4.78 is 5.09. The minimum atomic E-state index is 0. The fraction of sp³-hybridized carbons (Fsp3) is 0.550. The molecule has 0 spiro atoms. The molecule has 0 saturated carbocycles. The smallest absolute Gasteiger partial charge is 0.191 e. The molecule has 3 N–H and O–H groups in total. The van der Waals surface area contributed by atoms with Crippen LogP contribution in [-0.4, -0.2) is 69.8 Å². The van der Waals surface area contributed by atoms with E-state index in [1.807, 2.05) is 7.05 Å². The molecule has 0 aliphatic heterocycles. The standard InChI is InChI=1S/C20H33N5O.HI/c1-16-7-5-8-18-17(15-24-19(16)18)9-10-22-20(21-2)23-11-13-25(3)12-6-14-26-4;/h5,7-8,15,24H,6,9-14H2,1-4H3,(H2,21,22,23);1H. The Bertz CT molecular complexity index is 701. The predicted octanol–water partition coefficient (Wildman–Crippen LogP) is 2.77. The predicted molar refractivity (Wildman–Crippen MR) is 126 cm³/mol. The van der Waals surface area contributed by atoms with Gasteiger partial charge in [0.05, 0.1) is 0 Å². The molecule has 0 fully saturated rings. The van der Waals surface area contributed by atoms with E-state index < -0.39 is 0 Å². The van der Waals surface area contributed by atoms with E-state index in [-0.39, 0.29) is 24.0 Å². The van der Waals surface area contributed by atoms with Gasteiger partial charge in [-0.05, 0) is 37.9 Å². The molecule has 1 heterocycles. The third-order valence-electron chi connectivity index (χ3n) is 4.59. The molecular weight excluding hydrogens is 453 g/mol. The van der Waals surface area contributed by atoms with Gasteiger partial charge in [0.15, 0.2) is 5.96 Å². The summed E-state index contributed by atoms with van der Waals surface area (Å²) in [5.41, 5.74) is 3.86. The van der Waals surface area contributed by atoms with E-state index in [4.69, 9.17) is 4.74 Å². The summed E-state index contributed by atoms with van der Waals surface area (Å²) in [7, 11) is 5.69. The van der Waals surface area contributed by atoms with Crippen molar-refractivity contribution in [2.24, 2.45) is 4.99 Å². The number of benzene rings is 1. The van der Waals surface area contributed by atoms with E-state index in [0.717, 1.165) is 51.6 Å². The second-order valence-electron chi connectivity index (χ2n) is 6.64. The zero-order valence-electron chi connectivity index (χ0n) is 17.0. The van der Waals surface area contributed by atoms with Crippen LogP contribution in [0.25, 0.3) is 10.9 Å². The van der Waals surface area contributed by atoms with Crippen LogP contribution in [0.5, 0.6) is 0 Å². The Hall–Kier alpha value is -1.32. The van der Waals surface area contributed by atoms with Gasteiger partial charge < -0.3 is 25.3 Å². The Kier molecular flexibility index (Phi) is 11.4. The van der Waals surface area contributed by atoms with Gasteiger partial charge in [-0.15, -0.1) is 24.0 Å². The van der Waals surface area contributed by atoms with Crippen LogP contribution >= 0.6 is 24.0 Å². The van der Waals surface area contributed by atoms with Crippen molar-refractivity contribution in [2.45, 2.75) is 19.8 Å². The van der Waals surface area contributed by atoms with Gasteiger partial charge in [-0.1, -0.05) is 18.2 Å². The summed E-state index contributed by atoms with van der Waals surface area (Å²) in [5.74, 6) is 0.853. The van der Waals surface area contributed by atoms with E-state index in [9.17, 15) is 0 Å². The number of para-hydroxylation sites is 1. The Morgan fingerprint density at radius 1 is 1.22 bits per heavy atom. The molecule has 0 unspecified atom stereocenters. The lowest BCUT2D eigenvalue weighted by Gasteiger charge is -2.18. The SMILES string of the molecule is CN=C(NCCc1c[nH]c2c(C)cccc12)NCCN(C)CCCOC.I. The number of fused-ring (bicyclic) bond motifs is 1. The van der Waals surface area contributed by atoms with Crippen molar-refractivity contribution in [3.05, 3.63) is 35.5 Å². The average molecular weight is 487 g/mol. The highest BCUT2D eigenvalue weighted by Gasteiger charge is 2.06. The molecule has 7 heteroatoms. The summed E-state index contributed by atoms with van der Waals surface area (Å²) in [6, 6.07) is 6.44. The zero-order valence-corrected chi connectivity index (χ0v) is 19.3. The quantitative estimate of drug-likeness (QED) is 0.209. The lowest BCUT2D eigenvalue weighted by molar-refractivity contribution is 0.180. The molecule has 1 aromatic carbocycles. The minimum absolute atomic E-state index is 0. The number of halogens is 1. The molecule has 0 atom stereocenters. The molecule has 2 rings (SSSR count). The van der Waals surface area contributed by atoms with E-state index in [2.05, 4.69) is 63.9 Å². The second-order valence-corrected chi connectivity index (χ2v) is 6.64. The van der Waals surface area contributed by atoms with Crippen molar-refractivity contribution < 1.29 is 4.74 Å². The highest BCUT2D eigenvalue weighted by Crippen LogP contribution is 2.21. The summed E-state index contributed by atoms with van der Waals surface area (Å²) >= 11 is 0. The molecule has 1 aromatic heterocycles. The number of ether oxygens (including phenoxy) is 1. The Labute approximate surface area is 180 Å². The highest BCUT2D eigenvalue weighted by atomic mass is 127. The van der Waals surface area contributed by atoms with Gasteiger partial charge in [-0.2, -0.15) is 0 Å². The van der Waals surface area contributed by atoms with Crippen LogP contribution in [0.4, 0.5) is 0 Å². The first-order chi connectivity index (χ1) is 12.7. The molecule has 0 radical (unpaired) electrons. The number of aromatic nitrogens is 1. The number of nitrogens with one attached hydrogen (secondary N) is 3. The van der Waals surface area contributed by atoms with E-state index in [0.29, 0.717) is 0 Å². The third kappa shape index (κ3) is 7.67. The number of rotatable bonds is 10. The normalized spacial score (nSPS) is 11.7. The summed E-state index contributed by atoms with van der Waals surface area (Å²) in [5, 5.41) is 8.09. The number of hydrogen-bond donors (Lipinski definition) is 3. The molecule has 6 nitrogen and oxygen atoms in total. The lowest BCUT2D eigenvalue weighted by Crippen LogP contribution is -2.41. The van der Waals surface area contributed by atoms with Crippen molar-refractivity contribution >= 4 is 40.8 Å². The number of methoxy groups -OCH3 is 1. The largest absolute Gasteiger partial charge is 0.385 e. The molecule has 0 aliphatic carbocycles. The number of aryl methyl sites for hydroxylation is 1. The van der Waals surface area contributed by atoms with Crippen LogP contribution in [0.2, 0.25) is 0 Å². The molecular formula is C20H34IN5O. The Morgan fingerprint density at radius 2 is 2.00 bits per heavy atom. The molecule has 0 saturated heterocycles. The van der Waals surface area contributed by atoms with Gasteiger partial charge in [0.2, 0.25) is 0 Å². The van der Waals surface area contributed by atoms with E-state index >= 15 is 0 Å². The fourth-order valence-corrected chi connectivity index (χ4v) is 3.06. The first kappa shape index (κ1) is 23.7. The van der Waals surface area contributed by atoms with Crippen LogP contribution < -0.4 is 10.6 Å². The van der Waals surface area contributed by atoms with Crippen LogP contribution in [0, 0.1) is 6.92 Å². The molecule has 2 aromatic rings. The number of aliphatic imine (C=N–C) groups is 1. The summed E-state index contributed by atoms with van der Waals surface area (Å²) in [6.45, 7) is 6.70. The number of likely N-dealkylation sites (N-methyl/N-ethyl adjacent to an activating group) is 1. The van der Waals surface area contributed by atoms with Crippen molar-refractivity contribution in [1.29, 1.82) is 0 Å². The van der Waals surface area contributed by atoms with Crippen molar-refractivity contribution in [3.8, 4) is 0 Å². The summed E-state index contributed by atoms with van der Waals surface area (Å²) in [6.07, 6.45) is 4.13. The van der Waals surface area contributed by atoms with Crippen molar-refractivity contribution in [3.63, 3.8) is 0 Å². The lowest BCUT2D eigenvalue weighted by atomic mass is 10.1. The molecule has 0 bridgehead atoms. The molecule has 0 aliphatic rings. The second kappa shape index (κ2) is 13.0. The zero-order chi connectivity index (χ0) is 18.8. The minimum Gasteiger partial charge on any atom is -0.385 e. The number of nitrogens with zero attached hydrogens (tertiary/aromatic N) is 2. The fourth-order valence-electron chi connectivity index (χ4n) is 3.06. The van der Waals surface area contributed by atoms with Crippen LogP contribution in [0.3, 0.4) is 0 Å². The van der Waals surface area contributed by atoms with Gasteiger partial charge in [0.1, 0.15) is 0 Å². The number of guanidine groups is 1. The number of hydrogen-bond acceptors (Lipinski definition) is 3. The Balaban J connectivity index is 0.00000364. The number of H-pyrrole nitrogens is 1. The third-order valence-corrected chi connectivity index (χ3v) is 4.59. The molecule has 27 heavy (non-hydrogen) atoms. The maximum absolute atomic E-state index is 5.09. The van der Waals surface area contributed by atoms with Crippen LogP contribution in [0.15, 0.2) is 29.4 Å². The maximum atomic E-state index is 5.09. The number of aromatic amines is 1. The average Bonchev–Trinajstić information content (AvgIpc) is 3.05. The molecule has 152 valence electrons. The molecule has 0 amide bonds. The van der Waals surface area contributed by atoms with Gasteiger partial charge in [-0.25, -0.2) is 0 Å². The highest BCUT2D eigenvalue weighted by molar-refractivity contribution is 14.0. The van der Waals surface area contributed by atoms with Gasteiger partial charge in [-0.3, -0.25) is 4.99 Å². The first-order valence-corrected chi connectivity index (χ1v) is 9.33. The van der Waals surface area contributed by atoms with E-state index in [1.165, 1.54) is 22.0 Å². The van der Waals surface area contributed by atoms with Gasteiger partial charge in [0, 0.05) is 64.0 Å². The van der Waals surface area contributed by atoms with Crippen LogP contribution in [-0.2, 0) is 11.2 Å². The van der Waals surface area contributed by atoms with Gasteiger partial charge >= 0.3 is 0 Å². The first-order valence-electron chi connectivity index (χ1n) is 9.33. The van der Waals surface area contributed by atoms with Gasteiger partial charge in [0.25, 0.3) is 0 Å². The van der Waals surface area contributed by atoms with E-state index in [1.54, 1.807) is 7.11 Å². The topological polar surface area (TPSA) is 64.7 Å². The maximum Gasteiger partial charge on any atom is 0.191 e. The monoisotopic (exact) mass is 487 g/mol.